The van der Waals surface area contributed by atoms with Crippen LogP contribution in [0.2, 0.25) is 0 Å². The Morgan fingerprint density at radius 3 is 2.41 bits per heavy atom. The second-order valence-corrected chi connectivity index (χ2v) is 5.10. The molecule has 0 spiro atoms. The maximum atomic E-state index is 12.2. The molecule has 0 aliphatic rings. The van der Waals surface area contributed by atoms with Crippen LogP contribution < -0.4 is 10.1 Å². The highest BCUT2D eigenvalue weighted by atomic mass is 16.5. The fourth-order valence-corrected chi connectivity index (χ4v) is 2.16. The molecule has 0 saturated carbocycles. The van der Waals surface area contributed by atoms with Crippen molar-refractivity contribution in [3.05, 3.63) is 60.2 Å². The first-order valence-corrected chi connectivity index (χ1v) is 7.39. The number of carbonyl (C=O) groups excluding carboxylic acids is 1. The van der Waals surface area contributed by atoms with Crippen LogP contribution in [0.1, 0.15) is 16.8 Å². The molecule has 0 unspecified atom stereocenters. The molecule has 0 saturated heterocycles. The van der Waals surface area contributed by atoms with Crippen molar-refractivity contribution >= 4 is 11.6 Å². The van der Waals surface area contributed by atoms with Crippen molar-refractivity contribution in [2.75, 3.05) is 32.6 Å². The molecule has 2 aromatic carbocycles. The second-order valence-electron chi connectivity index (χ2n) is 5.10. The van der Waals surface area contributed by atoms with Gasteiger partial charge >= 0.3 is 0 Å². The molecule has 0 atom stereocenters. The lowest BCUT2D eigenvalue weighted by molar-refractivity contribution is 0.0794. The number of nitrogens with zero attached hydrogens (tertiary/aromatic N) is 1. The van der Waals surface area contributed by atoms with Crippen molar-refractivity contribution in [3.63, 3.8) is 0 Å². The van der Waals surface area contributed by atoms with Crippen LogP contribution in [0.3, 0.4) is 0 Å². The van der Waals surface area contributed by atoms with Gasteiger partial charge in [0.1, 0.15) is 5.75 Å². The minimum atomic E-state index is 0.0602. The maximum absolute atomic E-state index is 12.2. The van der Waals surface area contributed by atoms with Gasteiger partial charge in [-0.3, -0.25) is 4.79 Å². The van der Waals surface area contributed by atoms with Gasteiger partial charge in [0.2, 0.25) is 0 Å². The van der Waals surface area contributed by atoms with E-state index in [4.69, 9.17) is 4.74 Å². The highest BCUT2D eigenvalue weighted by molar-refractivity contribution is 5.93. The summed E-state index contributed by atoms with van der Waals surface area (Å²) in [5, 5.41) is 3.34. The predicted octanol–water partition coefficient (Wildman–Crippen LogP) is 3.27. The highest BCUT2D eigenvalue weighted by Gasteiger charge is 2.09. The molecule has 0 aromatic heterocycles. The number of amides is 1. The zero-order valence-corrected chi connectivity index (χ0v) is 13.1. The summed E-state index contributed by atoms with van der Waals surface area (Å²) >= 11 is 0. The first kappa shape index (κ1) is 15.9. The highest BCUT2D eigenvalue weighted by Crippen LogP contribution is 2.14. The Morgan fingerprint density at radius 1 is 1.09 bits per heavy atom. The van der Waals surface area contributed by atoms with E-state index in [0.29, 0.717) is 0 Å². The van der Waals surface area contributed by atoms with Gasteiger partial charge in [0, 0.05) is 31.4 Å². The standard InChI is InChI=1S/C18H22N2O2/c1-20(18(21)15-7-4-3-5-8-15)14-6-13-19-16-9-11-17(22-2)12-10-16/h3-5,7-12,19H,6,13-14H2,1-2H3. The smallest absolute Gasteiger partial charge is 0.253 e. The number of anilines is 1. The summed E-state index contributed by atoms with van der Waals surface area (Å²) in [6.45, 7) is 1.54. The maximum Gasteiger partial charge on any atom is 0.253 e. The van der Waals surface area contributed by atoms with Gasteiger partial charge in [0.15, 0.2) is 0 Å². The number of methoxy groups -OCH3 is 1. The van der Waals surface area contributed by atoms with Crippen LogP contribution in [0.25, 0.3) is 0 Å². The van der Waals surface area contributed by atoms with E-state index >= 15 is 0 Å². The Bertz CT molecular complexity index is 582. The fourth-order valence-electron chi connectivity index (χ4n) is 2.16. The number of benzene rings is 2. The Labute approximate surface area is 131 Å². The lowest BCUT2D eigenvalue weighted by atomic mass is 10.2. The summed E-state index contributed by atoms with van der Waals surface area (Å²) in [7, 11) is 3.49. The first-order chi connectivity index (χ1) is 10.7. The van der Waals surface area contributed by atoms with E-state index in [1.165, 1.54) is 0 Å². The van der Waals surface area contributed by atoms with Gasteiger partial charge < -0.3 is 15.0 Å². The molecule has 116 valence electrons. The van der Waals surface area contributed by atoms with Crippen LogP contribution in [0, 0.1) is 0 Å². The Hall–Kier alpha value is -2.49. The summed E-state index contributed by atoms with van der Waals surface area (Å²) in [5.74, 6) is 0.906. The SMILES string of the molecule is COc1ccc(NCCCN(C)C(=O)c2ccccc2)cc1. The van der Waals surface area contributed by atoms with Crippen molar-refractivity contribution in [1.29, 1.82) is 0 Å². The van der Waals surface area contributed by atoms with Crippen molar-refractivity contribution < 1.29 is 9.53 Å². The van der Waals surface area contributed by atoms with E-state index < -0.39 is 0 Å². The topological polar surface area (TPSA) is 41.6 Å². The molecule has 0 fully saturated rings. The molecule has 1 N–H and O–H groups in total. The number of rotatable bonds is 7. The largest absolute Gasteiger partial charge is 0.497 e. The van der Waals surface area contributed by atoms with Gasteiger partial charge in [-0.15, -0.1) is 0 Å². The minimum Gasteiger partial charge on any atom is -0.497 e. The Kier molecular flexibility index (Phi) is 5.83. The van der Waals surface area contributed by atoms with Crippen LogP contribution in [0.5, 0.6) is 5.75 Å². The van der Waals surface area contributed by atoms with E-state index in [9.17, 15) is 4.79 Å². The molecular weight excluding hydrogens is 276 g/mol. The third-order valence-corrected chi connectivity index (χ3v) is 3.46. The molecule has 0 heterocycles. The zero-order chi connectivity index (χ0) is 15.8. The molecule has 4 heteroatoms. The number of carbonyl (C=O) groups is 1. The third kappa shape index (κ3) is 4.52. The normalized spacial score (nSPS) is 10.1. The van der Waals surface area contributed by atoms with E-state index in [0.717, 1.165) is 36.5 Å². The average molecular weight is 298 g/mol. The number of nitrogens with one attached hydrogen (secondary N) is 1. The van der Waals surface area contributed by atoms with Gasteiger partial charge in [-0.25, -0.2) is 0 Å². The molecule has 0 aliphatic carbocycles. The van der Waals surface area contributed by atoms with Crippen LogP contribution in [0.4, 0.5) is 5.69 Å². The lowest BCUT2D eigenvalue weighted by Crippen LogP contribution is -2.28. The summed E-state index contributed by atoms with van der Waals surface area (Å²) in [6, 6.07) is 17.2. The quantitative estimate of drug-likeness (QED) is 0.798. The van der Waals surface area contributed by atoms with Gasteiger partial charge in [-0.1, -0.05) is 18.2 Å². The fraction of sp³-hybridized carbons (Fsp3) is 0.278. The van der Waals surface area contributed by atoms with Crippen LogP contribution >= 0.6 is 0 Å². The van der Waals surface area contributed by atoms with E-state index in [2.05, 4.69) is 5.32 Å². The second kappa shape index (κ2) is 8.08. The molecular formula is C18H22N2O2. The summed E-state index contributed by atoms with van der Waals surface area (Å²) in [6.07, 6.45) is 0.890. The van der Waals surface area contributed by atoms with E-state index in [1.807, 2.05) is 61.6 Å². The van der Waals surface area contributed by atoms with Crippen molar-refractivity contribution in [1.82, 2.24) is 4.90 Å². The average Bonchev–Trinajstić information content (AvgIpc) is 2.59. The number of hydrogen-bond acceptors (Lipinski definition) is 3. The molecule has 0 radical (unpaired) electrons. The van der Waals surface area contributed by atoms with Gasteiger partial charge in [0.05, 0.1) is 7.11 Å². The van der Waals surface area contributed by atoms with E-state index in [-0.39, 0.29) is 5.91 Å². The van der Waals surface area contributed by atoms with Crippen molar-refractivity contribution in [2.24, 2.45) is 0 Å². The summed E-state index contributed by atoms with van der Waals surface area (Å²) in [5.41, 5.74) is 1.78. The van der Waals surface area contributed by atoms with Crippen LogP contribution in [0.15, 0.2) is 54.6 Å². The predicted molar refractivity (Wildman–Crippen MR) is 89.5 cm³/mol. The minimum absolute atomic E-state index is 0.0602. The van der Waals surface area contributed by atoms with Crippen molar-refractivity contribution in [3.8, 4) is 5.75 Å². The van der Waals surface area contributed by atoms with Gasteiger partial charge in [-0.2, -0.15) is 0 Å². The zero-order valence-electron chi connectivity index (χ0n) is 13.1. The molecule has 0 bridgehead atoms. The Morgan fingerprint density at radius 2 is 1.77 bits per heavy atom. The molecule has 1 amide bonds. The van der Waals surface area contributed by atoms with Gasteiger partial charge in [0.25, 0.3) is 5.91 Å². The third-order valence-electron chi connectivity index (χ3n) is 3.46. The molecule has 4 nitrogen and oxygen atoms in total. The summed E-state index contributed by atoms with van der Waals surface area (Å²) in [4.78, 5) is 13.9. The lowest BCUT2D eigenvalue weighted by Gasteiger charge is -2.17. The monoisotopic (exact) mass is 298 g/mol. The number of hydrogen-bond donors (Lipinski definition) is 1. The Balaban J connectivity index is 1.72. The van der Waals surface area contributed by atoms with Gasteiger partial charge in [-0.05, 0) is 42.8 Å². The first-order valence-electron chi connectivity index (χ1n) is 7.39. The van der Waals surface area contributed by atoms with Crippen LogP contribution in [-0.2, 0) is 0 Å². The molecule has 0 aliphatic heterocycles. The molecule has 2 rings (SSSR count). The van der Waals surface area contributed by atoms with Crippen molar-refractivity contribution in [2.45, 2.75) is 6.42 Å². The number of ether oxygens (including phenoxy) is 1. The molecule has 22 heavy (non-hydrogen) atoms. The summed E-state index contributed by atoms with van der Waals surface area (Å²) < 4.78 is 5.12. The molecule has 2 aromatic rings. The van der Waals surface area contributed by atoms with Crippen LogP contribution in [-0.4, -0.2) is 38.1 Å². The van der Waals surface area contributed by atoms with E-state index in [1.54, 1.807) is 12.0 Å².